The van der Waals surface area contributed by atoms with Crippen molar-refractivity contribution in [2.24, 2.45) is 5.92 Å². The molecule has 2 rings (SSSR count). The second-order valence-corrected chi connectivity index (χ2v) is 5.32. The monoisotopic (exact) mass is 302 g/mol. The van der Waals surface area contributed by atoms with E-state index in [1.807, 2.05) is 12.1 Å². The summed E-state index contributed by atoms with van der Waals surface area (Å²) in [6, 6.07) is 6.69. The lowest BCUT2D eigenvalue weighted by Gasteiger charge is -2.34. The Balaban J connectivity index is 2.02. The molecule has 1 aromatic rings. The molecule has 76 valence electrons. The fraction of sp³-hybridized carbons (Fsp3) is 0.455. The Labute approximate surface area is 98.4 Å². The summed E-state index contributed by atoms with van der Waals surface area (Å²) < 4.78 is 1.21. The van der Waals surface area contributed by atoms with Crippen LogP contribution >= 0.6 is 22.6 Å². The molecule has 3 heteroatoms. The first-order chi connectivity index (χ1) is 6.65. The SMILES string of the molecule is CC1CC(Nc2ccc(N)cc2I)C1. The molecule has 3 N–H and O–H groups in total. The lowest BCUT2D eigenvalue weighted by molar-refractivity contribution is 0.309. The molecular formula is C11H15IN2. The maximum atomic E-state index is 5.69. The van der Waals surface area contributed by atoms with Crippen LogP contribution in [0.5, 0.6) is 0 Å². The van der Waals surface area contributed by atoms with Gasteiger partial charge in [0, 0.05) is 21.0 Å². The highest BCUT2D eigenvalue weighted by Crippen LogP contribution is 2.31. The van der Waals surface area contributed by atoms with Crippen molar-refractivity contribution in [2.45, 2.75) is 25.8 Å². The normalized spacial score (nSPS) is 25.6. The number of halogens is 1. The van der Waals surface area contributed by atoms with E-state index in [9.17, 15) is 0 Å². The predicted octanol–water partition coefficient (Wildman–Crippen LogP) is 3.08. The highest BCUT2D eigenvalue weighted by Gasteiger charge is 2.25. The van der Waals surface area contributed by atoms with Crippen LogP contribution in [-0.4, -0.2) is 6.04 Å². The molecule has 0 radical (unpaired) electrons. The van der Waals surface area contributed by atoms with Gasteiger partial charge in [-0.2, -0.15) is 0 Å². The first kappa shape index (κ1) is 10.1. The van der Waals surface area contributed by atoms with E-state index >= 15 is 0 Å². The molecular weight excluding hydrogens is 287 g/mol. The average molecular weight is 302 g/mol. The summed E-state index contributed by atoms with van der Waals surface area (Å²) in [6.45, 7) is 2.30. The average Bonchev–Trinajstić information content (AvgIpc) is 2.06. The summed E-state index contributed by atoms with van der Waals surface area (Å²) in [7, 11) is 0. The summed E-state index contributed by atoms with van der Waals surface area (Å²) in [5, 5.41) is 3.54. The number of rotatable bonds is 2. The van der Waals surface area contributed by atoms with E-state index < -0.39 is 0 Å². The fourth-order valence-electron chi connectivity index (χ4n) is 1.89. The zero-order valence-electron chi connectivity index (χ0n) is 8.26. The van der Waals surface area contributed by atoms with Crippen molar-refractivity contribution >= 4 is 34.0 Å². The molecule has 1 aliphatic carbocycles. The van der Waals surface area contributed by atoms with Crippen LogP contribution in [0.3, 0.4) is 0 Å². The number of nitrogens with one attached hydrogen (secondary N) is 1. The second kappa shape index (κ2) is 3.96. The molecule has 0 spiro atoms. The lowest BCUT2D eigenvalue weighted by Crippen LogP contribution is -2.33. The number of benzene rings is 1. The maximum absolute atomic E-state index is 5.69. The van der Waals surface area contributed by atoms with Crippen molar-refractivity contribution in [3.05, 3.63) is 21.8 Å². The van der Waals surface area contributed by atoms with Crippen LogP contribution < -0.4 is 11.1 Å². The van der Waals surface area contributed by atoms with Gasteiger partial charge in [0.05, 0.1) is 0 Å². The summed E-state index contributed by atoms with van der Waals surface area (Å²) in [5.74, 6) is 0.888. The third-order valence-electron chi connectivity index (χ3n) is 2.73. The van der Waals surface area contributed by atoms with E-state index in [1.165, 1.54) is 22.1 Å². The summed E-state index contributed by atoms with van der Waals surface area (Å²) >= 11 is 2.32. The Morgan fingerprint density at radius 3 is 2.71 bits per heavy atom. The van der Waals surface area contributed by atoms with Crippen molar-refractivity contribution in [1.29, 1.82) is 0 Å². The Hall–Kier alpha value is -0.450. The van der Waals surface area contributed by atoms with Gasteiger partial charge in [-0.1, -0.05) is 6.92 Å². The molecule has 2 nitrogen and oxygen atoms in total. The van der Waals surface area contributed by atoms with Crippen LogP contribution in [0, 0.1) is 9.49 Å². The Morgan fingerprint density at radius 2 is 2.14 bits per heavy atom. The van der Waals surface area contributed by atoms with Gasteiger partial charge in [-0.3, -0.25) is 0 Å². The highest BCUT2D eigenvalue weighted by molar-refractivity contribution is 14.1. The smallest absolute Gasteiger partial charge is 0.0479 e. The van der Waals surface area contributed by atoms with E-state index in [0.717, 1.165) is 11.6 Å². The quantitative estimate of drug-likeness (QED) is 0.651. The summed E-state index contributed by atoms with van der Waals surface area (Å²) in [4.78, 5) is 0. The minimum absolute atomic E-state index is 0.669. The number of nitrogens with two attached hydrogens (primary N) is 1. The fourth-order valence-corrected chi connectivity index (χ4v) is 2.58. The van der Waals surface area contributed by atoms with E-state index in [1.54, 1.807) is 0 Å². The van der Waals surface area contributed by atoms with Crippen molar-refractivity contribution in [3.8, 4) is 0 Å². The van der Waals surface area contributed by atoms with Crippen LogP contribution in [0.1, 0.15) is 19.8 Å². The molecule has 0 aliphatic heterocycles. The molecule has 14 heavy (non-hydrogen) atoms. The molecule has 0 atom stereocenters. The van der Waals surface area contributed by atoms with Gasteiger partial charge in [0.25, 0.3) is 0 Å². The standard InChI is InChI=1S/C11H15IN2/c1-7-4-9(5-7)14-11-3-2-8(13)6-10(11)12/h2-3,6-7,9,14H,4-5,13H2,1H3. The molecule has 0 heterocycles. The Kier molecular flexibility index (Phi) is 2.85. The summed E-state index contributed by atoms with van der Waals surface area (Å²) in [6.07, 6.45) is 2.58. The van der Waals surface area contributed by atoms with Gasteiger partial charge in [-0.05, 0) is 59.5 Å². The van der Waals surface area contributed by atoms with E-state index in [0.29, 0.717) is 6.04 Å². The van der Waals surface area contributed by atoms with E-state index in [-0.39, 0.29) is 0 Å². The minimum atomic E-state index is 0.669. The minimum Gasteiger partial charge on any atom is -0.399 e. The Morgan fingerprint density at radius 1 is 1.43 bits per heavy atom. The molecule has 0 aromatic heterocycles. The van der Waals surface area contributed by atoms with Crippen molar-refractivity contribution in [3.63, 3.8) is 0 Å². The lowest BCUT2D eigenvalue weighted by atomic mass is 9.82. The van der Waals surface area contributed by atoms with Gasteiger partial charge in [0.2, 0.25) is 0 Å². The van der Waals surface area contributed by atoms with Gasteiger partial charge in [-0.25, -0.2) is 0 Å². The zero-order valence-corrected chi connectivity index (χ0v) is 10.4. The van der Waals surface area contributed by atoms with Gasteiger partial charge >= 0.3 is 0 Å². The molecule has 1 aromatic carbocycles. The molecule has 0 bridgehead atoms. The molecule has 0 saturated heterocycles. The summed E-state index contributed by atoms with van der Waals surface area (Å²) in [5.41, 5.74) is 7.75. The molecule has 1 saturated carbocycles. The van der Waals surface area contributed by atoms with Crippen molar-refractivity contribution < 1.29 is 0 Å². The molecule has 0 unspecified atom stereocenters. The molecule has 0 amide bonds. The number of nitrogen functional groups attached to an aromatic ring is 1. The van der Waals surface area contributed by atoms with Gasteiger partial charge in [0.1, 0.15) is 0 Å². The van der Waals surface area contributed by atoms with Crippen LogP contribution in [-0.2, 0) is 0 Å². The topological polar surface area (TPSA) is 38.0 Å². The largest absolute Gasteiger partial charge is 0.399 e. The first-order valence-corrected chi connectivity index (χ1v) is 6.04. The van der Waals surface area contributed by atoms with Crippen LogP contribution in [0.25, 0.3) is 0 Å². The number of hydrogen-bond donors (Lipinski definition) is 2. The van der Waals surface area contributed by atoms with Crippen molar-refractivity contribution in [2.75, 3.05) is 11.1 Å². The predicted molar refractivity (Wildman–Crippen MR) is 69.4 cm³/mol. The molecule has 1 fully saturated rings. The van der Waals surface area contributed by atoms with E-state index in [2.05, 4.69) is 40.9 Å². The highest BCUT2D eigenvalue weighted by atomic mass is 127. The van der Waals surface area contributed by atoms with Gasteiger partial charge < -0.3 is 11.1 Å². The zero-order chi connectivity index (χ0) is 10.1. The second-order valence-electron chi connectivity index (χ2n) is 4.16. The first-order valence-electron chi connectivity index (χ1n) is 4.96. The number of hydrogen-bond acceptors (Lipinski definition) is 2. The molecule has 1 aliphatic rings. The van der Waals surface area contributed by atoms with Gasteiger partial charge in [-0.15, -0.1) is 0 Å². The van der Waals surface area contributed by atoms with Crippen LogP contribution in [0.4, 0.5) is 11.4 Å². The maximum Gasteiger partial charge on any atom is 0.0479 e. The van der Waals surface area contributed by atoms with Crippen LogP contribution in [0.2, 0.25) is 0 Å². The number of anilines is 2. The third kappa shape index (κ3) is 2.13. The van der Waals surface area contributed by atoms with Crippen molar-refractivity contribution in [1.82, 2.24) is 0 Å². The van der Waals surface area contributed by atoms with Crippen LogP contribution in [0.15, 0.2) is 18.2 Å². The Bertz CT molecular complexity index is 332. The van der Waals surface area contributed by atoms with E-state index in [4.69, 9.17) is 5.73 Å². The van der Waals surface area contributed by atoms with Gasteiger partial charge in [0.15, 0.2) is 0 Å². The third-order valence-corrected chi connectivity index (χ3v) is 3.62.